The molecule has 2 heterocycles. The number of likely N-dealkylation sites (tertiary alicyclic amines) is 1. The third-order valence-corrected chi connectivity index (χ3v) is 7.22. The first kappa shape index (κ1) is 20.6. The summed E-state index contributed by atoms with van der Waals surface area (Å²) < 4.78 is 1.86. The van der Waals surface area contributed by atoms with E-state index >= 15 is 0 Å². The number of nitrogens with zero attached hydrogens (tertiary/aromatic N) is 3. The molecule has 0 bridgehead atoms. The van der Waals surface area contributed by atoms with Crippen molar-refractivity contribution < 1.29 is 9.59 Å². The summed E-state index contributed by atoms with van der Waals surface area (Å²) >= 11 is 0. The fourth-order valence-electron chi connectivity index (χ4n) is 5.38. The van der Waals surface area contributed by atoms with Gasteiger partial charge in [-0.2, -0.15) is 5.10 Å². The van der Waals surface area contributed by atoms with Crippen molar-refractivity contribution in [3.05, 3.63) is 52.8 Å². The molecule has 1 spiro atoms. The van der Waals surface area contributed by atoms with E-state index in [9.17, 15) is 9.59 Å². The van der Waals surface area contributed by atoms with Gasteiger partial charge in [0.05, 0.1) is 11.6 Å². The first-order valence-electron chi connectivity index (χ1n) is 11.0. The molecule has 1 N–H and O–H groups in total. The van der Waals surface area contributed by atoms with Crippen LogP contribution in [0.4, 0.5) is 0 Å². The number of hydrogen-bond donors (Lipinski definition) is 1. The maximum absolute atomic E-state index is 13.3. The van der Waals surface area contributed by atoms with Gasteiger partial charge in [-0.05, 0) is 38.8 Å². The summed E-state index contributed by atoms with van der Waals surface area (Å²) in [4.78, 5) is 28.4. The normalized spacial score (nSPS) is 20.5. The number of benzene rings is 1. The second kappa shape index (κ2) is 8.25. The van der Waals surface area contributed by atoms with E-state index in [0.717, 1.165) is 42.6 Å². The minimum Gasteiger partial charge on any atom is -0.352 e. The van der Waals surface area contributed by atoms with Crippen LogP contribution in [0.1, 0.15) is 59.4 Å². The summed E-state index contributed by atoms with van der Waals surface area (Å²) in [5.41, 5.74) is 3.72. The van der Waals surface area contributed by atoms with Crippen molar-refractivity contribution in [3.63, 3.8) is 0 Å². The van der Waals surface area contributed by atoms with Crippen molar-refractivity contribution in [1.29, 1.82) is 0 Å². The van der Waals surface area contributed by atoms with Crippen molar-refractivity contribution in [2.75, 3.05) is 13.1 Å². The molecule has 4 rings (SSSR count). The maximum atomic E-state index is 13.3. The SMILES string of the molecule is Cc1nn(C)c(C)c1CNC(=O)[C@H]1CN(C(=O)c2ccccc2)CC12CCCCC2. The highest BCUT2D eigenvalue weighted by molar-refractivity contribution is 5.95. The van der Waals surface area contributed by atoms with Gasteiger partial charge in [0.1, 0.15) is 0 Å². The van der Waals surface area contributed by atoms with E-state index < -0.39 is 0 Å². The lowest BCUT2D eigenvalue weighted by atomic mass is 9.67. The van der Waals surface area contributed by atoms with Crippen LogP contribution in [-0.4, -0.2) is 39.6 Å². The molecule has 1 saturated carbocycles. The van der Waals surface area contributed by atoms with Crippen LogP contribution in [0.2, 0.25) is 0 Å². The van der Waals surface area contributed by atoms with Crippen molar-refractivity contribution in [1.82, 2.24) is 20.0 Å². The number of hydrogen-bond acceptors (Lipinski definition) is 3. The molecule has 1 saturated heterocycles. The van der Waals surface area contributed by atoms with Crippen molar-refractivity contribution in [2.45, 2.75) is 52.5 Å². The van der Waals surface area contributed by atoms with Crippen LogP contribution in [-0.2, 0) is 18.4 Å². The molecule has 1 aromatic carbocycles. The molecule has 160 valence electrons. The van der Waals surface area contributed by atoms with E-state index in [1.54, 1.807) is 0 Å². The largest absolute Gasteiger partial charge is 0.352 e. The van der Waals surface area contributed by atoms with Crippen molar-refractivity contribution in [2.24, 2.45) is 18.4 Å². The van der Waals surface area contributed by atoms with Crippen LogP contribution >= 0.6 is 0 Å². The lowest BCUT2D eigenvalue weighted by Crippen LogP contribution is -2.42. The molecule has 6 heteroatoms. The lowest BCUT2D eigenvalue weighted by Gasteiger charge is -2.37. The van der Waals surface area contributed by atoms with Crippen LogP contribution in [0.25, 0.3) is 0 Å². The van der Waals surface area contributed by atoms with Crippen LogP contribution in [0, 0.1) is 25.2 Å². The van der Waals surface area contributed by atoms with Gasteiger partial charge in [-0.25, -0.2) is 0 Å². The highest BCUT2D eigenvalue weighted by Gasteiger charge is 2.51. The Balaban J connectivity index is 1.52. The molecule has 30 heavy (non-hydrogen) atoms. The zero-order valence-corrected chi connectivity index (χ0v) is 18.3. The monoisotopic (exact) mass is 408 g/mol. The predicted octanol–water partition coefficient (Wildman–Crippen LogP) is 3.38. The van der Waals surface area contributed by atoms with Crippen molar-refractivity contribution in [3.8, 4) is 0 Å². The molecule has 0 unspecified atom stereocenters. The minimum absolute atomic E-state index is 0.0368. The molecule has 2 amide bonds. The molecule has 1 atom stereocenters. The Morgan fingerprint density at radius 2 is 1.83 bits per heavy atom. The van der Waals surface area contributed by atoms with E-state index in [1.165, 1.54) is 6.42 Å². The maximum Gasteiger partial charge on any atom is 0.253 e. The fraction of sp³-hybridized carbons (Fsp3) is 0.542. The Hall–Kier alpha value is -2.63. The molecular weight excluding hydrogens is 376 g/mol. The Morgan fingerprint density at radius 3 is 2.47 bits per heavy atom. The highest BCUT2D eigenvalue weighted by Crippen LogP contribution is 2.48. The summed E-state index contributed by atoms with van der Waals surface area (Å²) in [7, 11) is 1.93. The van der Waals surface area contributed by atoms with Crippen LogP contribution in [0.5, 0.6) is 0 Å². The van der Waals surface area contributed by atoms with Crippen LogP contribution in [0.15, 0.2) is 30.3 Å². The van der Waals surface area contributed by atoms with E-state index in [1.807, 2.05) is 60.8 Å². The second-order valence-electron chi connectivity index (χ2n) is 9.02. The van der Waals surface area contributed by atoms with Gasteiger partial charge < -0.3 is 10.2 Å². The van der Waals surface area contributed by atoms with Gasteiger partial charge in [0.15, 0.2) is 0 Å². The first-order chi connectivity index (χ1) is 14.4. The van der Waals surface area contributed by atoms with E-state index in [0.29, 0.717) is 25.2 Å². The smallest absolute Gasteiger partial charge is 0.253 e. The van der Waals surface area contributed by atoms with Crippen LogP contribution < -0.4 is 5.32 Å². The Bertz CT molecular complexity index is 928. The molecule has 2 aromatic rings. The number of aromatic nitrogens is 2. The first-order valence-corrected chi connectivity index (χ1v) is 11.0. The molecule has 2 fully saturated rings. The van der Waals surface area contributed by atoms with E-state index in [4.69, 9.17) is 0 Å². The van der Waals surface area contributed by atoms with Gasteiger partial charge in [0, 0.05) is 48.9 Å². The topological polar surface area (TPSA) is 67.2 Å². The Kier molecular flexibility index (Phi) is 5.67. The number of carbonyl (C=O) groups is 2. The molecule has 1 aliphatic carbocycles. The molecular formula is C24H32N4O2. The third kappa shape index (κ3) is 3.75. The summed E-state index contributed by atoms with van der Waals surface area (Å²) in [6.45, 7) is 5.69. The Morgan fingerprint density at radius 1 is 1.13 bits per heavy atom. The summed E-state index contributed by atoms with van der Waals surface area (Å²) in [5.74, 6) is -0.0412. The quantitative estimate of drug-likeness (QED) is 0.843. The summed E-state index contributed by atoms with van der Waals surface area (Å²) in [6, 6.07) is 9.42. The predicted molar refractivity (Wildman–Crippen MR) is 116 cm³/mol. The minimum atomic E-state index is -0.150. The average Bonchev–Trinajstić information content (AvgIpc) is 3.23. The van der Waals surface area contributed by atoms with E-state index in [2.05, 4.69) is 10.4 Å². The van der Waals surface area contributed by atoms with Gasteiger partial charge in [-0.3, -0.25) is 14.3 Å². The van der Waals surface area contributed by atoms with Crippen molar-refractivity contribution >= 4 is 11.8 Å². The molecule has 6 nitrogen and oxygen atoms in total. The highest BCUT2D eigenvalue weighted by atomic mass is 16.2. The number of carbonyl (C=O) groups excluding carboxylic acids is 2. The zero-order valence-electron chi connectivity index (χ0n) is 18.3. The molecule has 0 radical (unpaired) electrons. The van der Waals surface area contributed by atoms with Gasteiger partial charge in [-0.15, -0.1) is 0 Å². The molecule has 1 aliphatic heterocycles. The summed E-state index contributed by atoms with van der Waals surface area (Å²) in [5, 5.41) is 7.63. The summed E-state index contributed by atoms with van der Waals surface area (Å²) in [6.07, 6.45) is 5.54. The van der Waals surface area contributed by atoms with Gasteiger partial charge in [0.25, 0.3) is 5.91 Å². The van der Waals surface area contributed by atoms with Gasteiger partial charge in [-0.1, -0.05) is 37.5 Å². The standard InChI is InChI=1S/C24H32N4O2/c1-17-20(18(2)27(3)26-17)14-25-22(29)21-15-28(16-24(21)12-8-5-9-13-24)23(30)19-10-6-4-7-11-19/h4,6-7,10-11,21H,5,8-9,12-16H2,1-3H3,(H,25,29)/t21-/m1/s1. The fourth-order valence-corrected chi connectivity index (χ4v) is 5.38. The zero-order chi connectivity index (χ0) is 21.3. The number of nitrogens with one attached hydrogen (secondary N) is 1. The third-order valence-electron chi connectivity index (χ3n) is 7.22. The number of rotatable bonds is 4. The number of amides is 2. The average molecular weight is 409 g/mol. The van der Waals surface area contributed by atoms with Gasteiger partial charge >= 0.3 is 0 Å². The lowest BCUT2D eigenvalue weighted by molar-refractivity contribution is -0.128. The molecule has 1 aromatic heterocycles. The molecule has 2 aliphatic rings. The van der Waals surface area contributed by atoms with E-state index in [-0.39, 0.29) is 23.1 Å². The van der Waals surface area contributed by atoms with Crippen LogP contribution in [0.3, 0.4) is 0 Å². The second-order valence-corrected chi connectivity index (χ2v) is 9.02. The van der Waals surface area contributed by atoms with Gasteiger partial charge in [0.2, 0.25) is 5.91 Å². The number of aryl methyl sites for hydroxylation is 2. The Labute approximate surface area is 178 Å².